The van der Waals surface area contributed by atoms with E-state index in [0.717, 1.165) is 0 Å². The van der Waals surface area contributed by atoms with Gasteiger partial charge in [-0.3, -0.25) is 9.89 Å². The molecular weight excluding hydrogens is 520 g/mol. The molecule has 2 heterocycles. The van der Waals surface area contributed by atoms with Gasteiger partial charge in [0.1, 0.15) is 23.1 Å². The van der Waals surface area contributed by atoms with Crippen LogP contribution in [0.5, 0.6) is 28.9 Å². The van der Waals surface area contributed by atoms with Crippen LogP contribution in [0.1, 0.15) is 24.0 Å². The van der Waals surface area contributed by atoms with Crippen LogP contribution in [0.4, 0.5) is 0 Å². The molecule has 0 spiro atoms. The first-order chi connectivity index (χ1) is 16.8. The number of allylic oxidation sites excluding steroid dienone is 1. The number of fused-ring (bicyclic) bond motifs is 1. The molecule has 0 saturated heterocycles. The van der Waals surface area contributed by atoms with E-state index < -0.39 is 11.9 Å². The maximum absolute atomic E-state index is 11.6. The summed E-state index contributed by atoms with van der Waals surface area (Å²) in [5.74, 6) is 0.611. The number of aromatic nitrogens is 2. The number of nitrogens with one attached hydrogen (secondary N) is 1. The molecule has 11 heteroatoms. The van der Waals surface area contributed by atoms with Crippen molar-refractivity contribution in [1.29, 1.82) is 5.26 Å². The largest absolute Gasteiger partial charge is 0.497 e. The lowest BCUT2D eigenvalue weighted by molar-refractivity contribution is -0.132. The topological polar surface area (TPSA) is 142 Å². The lowest BCUT2D eigenvalue weighted by Gasteiger charge is -2.25. The minimum atomic E-state index is -0.690. The van der Waals surface area contributed by atoms with Crippen molar-refractivity contribution in [2.45, 2.75) is 12.8 Å². The summed E-state index contributed by atoms with van der Waals surface area (Å²) in [4.78, 5) is 11.6. The number of aromatic amines is 1. The zero-order valence-electron chi connectivity index (χ0n) is 19.3. The molecule has 1 aliphatic heterocycles. The number of rotatable bonds is 6. The smallest absolute Gasteiger partial charge is 0.308 e. The Hall–Kier alpha value is -4.17. The minimum Gasteiger partial charge on any atom is -0.497 e. The summed E-state index contributed by atoms with van der Waals surface area (Å²) in [6.45, 7) is 1.29. The SMILES string of the molecule is COc1ccc(OC)c(-c2[nH]nc3c2[C@@H](c2cc(Br)c(OC(C)=O)c(OC)c2)C(C#N)=C(N)O3)c1. The van der Waals surface area contributed by atoms with E-state index in [0.29, 0.717) is 38.4 Å². The van der Waals surface area contributed by atoms with E-state index in [1.807, 2.05) is 0 Å². The predicted molar refractivity (Wildman–Crippen MR) is 128 cm³/mol. The highest BCUT2D eigenvalue weighted by molar-refractivity contribution is 9.10. The standard InChI is InChI=1S/C24H21BrN4O6/c1-11(30)34-22-16(25)7-12(8-18(22)33-4)19-15(10-26)23(27)35-24-20(19)21(28-29-24)14-9-13(31-2)5-6-17(14)32-3/h5-9,19H,27H2,1-4H3,(H,28,29)/t19-/m0/s1. The van der Waals surface area contributed by atoms with Crippen LogP contribution in [-0.4, -0.2) is 37.5 Å². The number of hydrogen-bond acceptors (Lipinski definition) is 9. The Kier molecular flexibility index (Phi) is 6.57. The second kappa shape index (κ2) is 9.60. The number of ether oxygens (including phenoxy) is 5. The Morgan fingerprint density at radius 3 is 2.54 bits per heavy atom. The third kappa shape index (κ3) is 4.24. The fraction of sp³-hybridized carbons (Fsp3) is 0.208. The number of methoxy groups -OCH3 is 3. The van der Waals surface area contributed by atoms with E-state index in [9.17, 15) is 10.1 Å². The lowest BCUT2D eigenvalue weighted by atomic mass is 9.82. The van der Waals surface area contributed by atoms with E-state index in [1.54, 1.807) is 44.6 Å². The van der Waals surface area contributed by atoms with Crippen molar-refractivity contribution in [2.75, 3.05) is 21.3 Å². The number of benzene rings is 2. The molecule has 2 aromatic carbocycles. The molecule has 0 aliphatic carbocycles. The molecule has 0 radical (unpaired) electrons. The molecule has 0 unspecified atom stereocenters. The average molecular weight is 541 g/mol. The number of H-pyrrole nitrogens is 1. The maximum Gasteiger partial charge on any atom is 0.308 e. The van der Waals surface area contributed by atoms with Gasteiger partial charge in [0.05, 0.1) is 43.0 Å². The van der Waals surface area contributed by atoms with E-state index in [2.05, 4.69) is 32.2 Å². The van der Waals surface area contributed by atoms with Crippen LogP contribution in [0, 0.1) is 11.3 Å². The zero-order chi connectivity index (χ0) is 25.3. The van der Waals surface area contributed by atoms with Gasteiger partial charge in [-0.05, 0) is 51.8 Å². The zero-order valence-corrected chi connectivity index (χ0v) is 20.8. The number of carbonyl (C=O) groups excluding carboxylic acids is 1. The van der Waals surface area contributed by atoms with Gasteiger partial charge in [0.25, 0.3) is 0 Å². The number of hydrogen-bond donors (Lipinski definition) is 2. The van der Waals surface area contributed by atoms with Gasteiger partial charge < -0.3 is 29.4 Å². The van der Waals surface area contributed by atoms with E-state index >= 15 is 0 Å². The number of esters is 1. The summed E-state index contributed by atoms with van der Waals surface area (Å²) in [6, 6.07) is 10.9. The van der Waals surface area contributed by atoms with Gasteiger partial charge in [-0.2, -0.15) is 5.26 Å². The number of carbonyl (C=O) groups is 1. The molecule has 0 amide bonds. The van der Waals surface area contributed by atoms with Gasteiger partial charge in [-0.15, -0.1) is 5.10 Å². The molecule has 3 N–H and O–H groups in total. The Balaban J connectivity index is 1.98. The molecule has 0 bridgehead atoms. The van der Waals surface area contributed by atoms with Crippen LogP contribution in [0.3, 0.4) is 0 Å². The van der Waals surface area contributed by atoms with Crippen molar-refractivity contribution in [3.05, 3.63) is 57.4 Å². The fourth-order valence-corrected chi connectivity index (χ4v) is 4.48. The maximum atomic E-state index is 11.6. The highest BCUT2D eigenvalue weighted by atomic mass is 79.9. The molecule has 1 atom stereocenters. The Morgan fingerprint density at radius 2 is 1.91 bits per heavy atom. The summed E-state index contributed by atoms with van der Waals surface area (Å²) < 4.78 is 27.9. The Labute approximate surface area is 209 Å². The van der Waals surface area contributed by atoms with Crippen LogP contribution in [-0.2, 0) is 4.79 Å². The van der Waals surface area contributed by atoms with Gasteiger partial charge >= 0.3 is 5.97 Å². The number of nitrogens with two attached hydrogens (primary N) is 1. The second-order valence-corrected chi connectivity index (χ2v) is 8.29. The van der Waals surface area contributed by atoms with E-state index in [1.165, 1.54) is 14.0 Å². The van der Waals surface area contributed by atoms with E-state index in [-0.39, 0.29) is 28.8 Å². The fourth-order valence-electron chi connectivity index (χ4n) is 3.94. The first-order valence-electron chi connectivity index (χ1n) is 10.3. The molecule has 1 aromatic heterocycles. The monoisotopic (exact) mass is 540 g/mol. The van der Waals surface area contributed by atoms with Crippen LogP contribution in [0.2, 0.25) is 0 Å². The minimum absolute atomic E-state index is 0.0696. The Morgan fingerprint density at radius 1 is 1.17 bits per heavy atom. The summed E-state index contributed by atoms with van der Waals surface area (Å²) in [5.41, 5.74) is 8.68. The van der Waals surface area contributed by atoms with Crippen molar-refractivity contribution in [1.82, 2.24) is 10.2 Å². The highest BCUT2D eigenvalue weighted by Gasteiger charge is 2.37. The van der Waals surface area contributed by atoms with Crippen LogP contribution >= 0.6 is 15.9 Å². The number of nitriles is 1. The Bertz CT molecular complexity index is 1390. The van der Waals surface area contributed by atoms with E-state index in [4.69, 9.17) is 29.4 Å². The molecule has 0 fully saturated rings. The predicted octanol–water partition coefficient (Wildman–Crippen LogP) is 4.01. The third-order valence-electron chi connectivity index (χ3n) is 5.45. The summed E-state index contributed by atoms with van der Waals surface area (Å²) in [7, 11) is 4.57. The molecule has 35 heavy (non-hydrogen) atoms. The summed E-state index contributed by atoms with van der Waals surface area (Å²) in [5, 5.41) is 17.3. The van der Waals surface area contributed by atoms with Gasteiger partial charge in [-0.25, -0.2) is 0 Å². The normalized spacial score (nSPS) is 14.5. The molecule has 1 aliphatic rings. The van der Waals surface area contributed by atoms with Crippen molar-refractivity contribution in [3.63, 3.8) is 0 Å². The van der Waals surface area contributed by atoms with Crippen molar-refractivity contribution in [2.24, 2.45) is 5.73 Å². The summed E-state index contributed by atoms with van der Waals surface area (Å²) in [6.07, 6.45) is 0. The molecule has 10 nitrogen and oxygen atoms in total. The number of halogens is 1. The quantitative estimate of drug-likeness (QED) is 0.350. The molecule has 0 saturated carbocycles. The van der Waals surface area contributed by atoms with Crippen molar-refractivity contribution in [3.8, 4) is 46.2 Å². The van der Waals surface area contributed by atoms with Gasteiger partial charge in [0.15, 0.2) is 11.5 Å². The van der Waals surface area contributed by atoms with Crippen LogP contribution < -0.4 is 29.4 Å². The first-order valence-corrected chi connectivity index (χ1v) is 11.1. The second-order valence-electron chi connectivity index (χ2n) is 7.44. The van der Waals surface area contributed by atoms with Crippen LogP contribution in [0.15, 0.2) is 46.3 Å². The van der Waals surface area contributed by atoms with Crippen molar-refractivity contribution < 1.29 is 28.5 Å². The van der Waals surface area contributed by atoms with Crippen LogP contribution in [0.25, 0.3) is 11.3 Å². The molecule has 3 aromatic rings. The average Bonchev–Trinajstić information content (AvgIpc) is 3.26. The number of nitrogens with zero attached hydrogens (tertiary/aromatic N) is 2. The summed E-state index contributed by atoms with van der Waals surface area (Å²) >= 11 is 3.45. The lowest BCUT2D eigenvalue weighted by Crippen LogP contribution is -2.21. The van der Waals surface area contributed by atoms with Gasteiger partial charge in [0, 0.05) is 12.5 Å². The highest BCUT2D eigenvalue weighted by Crippen LogP contribution is 2.50. The molecule has 4 rings (SSSR count). The first kappa shape index (κ1) is 24.0. The third-order valence-corrected chi connectivity index (χ3v) is 6.03. The van der Waals surface area contributed by atoms with Gasteiger partial charge in [0.2, 0.25) is 11.8 Å². The van der Waals surface area contributed by atoms with Gasteiger partial charge in [-0.1, -0.05) is 0 Å². The molecular formula is C24H21BrN4O6. The molecule has 180 valence electrons. The van der Waals surface area contributed by atoms with Crippen molar-refractivity contribution >= 4 is 21.9 Å².